The summed E-state index contributed by atoms with van der Waals surface area (Å²) < 4.78 is 33.0. The average Bonchev–Trinajstić information content (AvgIpc) is 1.01. The molecule has 0 spiro atoms. The molecule has 17 heteroatoms. The second-order valence-electron chi connectivity index (χ2n) is 22.1. The van der Waals surface area contributed by atoms with Crippen molar-refractivity contribution in [2.45, 2.75) is 69.7 Å². The van der Waals surface area contributed by atoms with Gasteiger partial charge in [0.2, 0.25) is 34.3 Å². The summed E-state index contributed by atoms with van der Waals surface area (Å²) in [6.07, 6.45) is 1.42. The smallest absolute Gasteiger partial charge is 0.236 e. The molecule has 0 aliphatic carbocycles. The Bertz CT molecular complexity index is 4350. The van der Waals surface area contributed by atoms with Crippen molar-refractivity contribution in [1.82, 2.24) is 0 Å². The van der Waals surface area contributed by atoms with Gasteiger partial charge in [0.1, 0.15) is 11.2 Å². The zero-order chi connectivity index (χ0) is 66.9. The fourth-order valence-electron chi connectivity index (χ4n) is 11.4. The van der Waals surface area contributed by atoms with Crippen LogP contribution in [0, 0.1) is 25.7 Å². The third-order valence-electron chi connectivity index (χ3n) is 16.0. The zero-order valence-electron chi connectivity index (χ0n) is 51.8. The first kappa shape index (κ1) is 66.3. The number of Topliss-reactive ketones (excluding diaryl/α,β-unsaturated/α-hetero) is 7. The number of ketones is 9. The Balaban J connectivity index is 0.000000149. The third kappa shape index (κ3) is 13.2. The van der Waals surface area contributed by atoms with Crippen molar-refractivity contribution in [2.24, 2.45) is 0 Å². The van der Waals surface area contributed by atoms with Crippen LogP contribution in [0.4, 0.5) is 0 Å². The maximum Gasteiger partial charge on any atom is 0.236 e. The van der Waals surface area contributed by atoms with E-state index >= 15 is 0 Å². The van der Waals surface area contributed by atoms with Gasteiger partial charge in [-0.25, -0.2) is 0 Å². The van der Waals surface area contributed by atoms with E-state index in [1.807, 2.05) is 12.1 Å². The van der Waals surface area contributed by atoms with Crippen LogP contribution in [0.1, 0.15) is 105 Å². The Labute approximate surface area is 535 Å². The highest BCUT2D eigenvalue weighted by Crippen LogP contribution is 2.49. The molecule has 0 saturated carbocycles. The normalized spacial score (nSPS) is 21.0. The fraction of sp³-hybridized carbons (Fsp3) is 0.184. The van der Waals surface area contributed by atoms with E-state index in [9.17, 15) is 53.1 Å². The SMILES string of the molecule is COC1=CC2(C)OC(C1=O)C1OC(C)=CC2(OC)C1=O.COC1=C[C@]2(C)O[C@H](C1=O)C(C(=O)c1ccccc1)=C2C(=O)c1ccccc1.Cc1cc(C)c(=O)c(O)c(C(=O)c2ccccc2)c1C(=O)c1ccccc1.O=C(C#CC(=O)c1ccccc1)c1ccccc1. The maximum atomic E-state index is 13.4. The lowest BCUT2D eigenvalue weighted by molar-refractivity contribution is -0.235. The number of hydrogen-bond donors (Lipinski definition) is 1. The van der Waals surface area contributed by atoms with Gasteiger partial charge >= 0.3 is 0 Å². The average molecular weight is 1250 g/mol. The van der Waals surface area contributed by atoms with Crippen LogP contribution in [0.5, 0.6) is 5.75 Å². The van der Waals surface area contributed by atoms with E-state index in [2.05, 4.69) is 11.8 Å². The number of aryl methyl sites for hydroxylation is 2. The molecule has 93 heavy (non-hydrogen) atoms. The van der Waals surface area contributed by atoms with Crippen molar-refractivity contribution >= 4 is 52.0 Å². The van der Waals surface area contributed by atoms with Gasteiger partial charge in [0.15, 0.2) is 64.3 Å². The molecular weight excluding hydrogens is 1180 g/mol. The van der Waals surface area contributed by atoms with Crippen LogP contribution in [-0.2, 0) is 42.8 Å². The number of carbonyl (C=O) groups is 9. The van der Waals surface area contributed by atoms with Gasteiger partial charge in [-0.05, 0) is 70.3 Å². The van der Waals surface area contributed by atoms with Crippen LogP contribution >= 0.6 is 0 Å². The molecule has 6 atom stereocenters. The lowest BCUT2D eigenvalue weighted by Gasteiger charge is -2.54. The number of allylic oxidation sites excluding steroid dienone is 1. The van der Waals surface area contributed by atoms with Gasteiger partial charge in [-0.3, -0.25) is 47.9 Å². The second kappa shape index (κ2) is 27.9. The van der Waals surface area contributed by atoms with Crippen molar-refractivity contribution < 1.29 is 76.7 Å². The minimum Gasteiger partial charge on any atom is -0.504 e. The van der Waals surface area contributed by atoms with Gasteiger partial charge in [-0.1, -0.05) is 188 Å². The second-order valence-corrected chi connectivity index (χ2v) is 22.1. The Kier molecular flexibility index (Phi) is 19.9. The third-order valence-corrected chi connectivity index (χ3v) is 16.0. The van der Waals surface area contributed by atoms with Crippen LogP contribution in [0.15, 0.2) is 240 Å². The van der Waals surface area contributed by atoms with Crippen molar-refractivity contribution in [3.8, 4) is 17.6 Å². The monoisotopic (exact) mass is 1250 g/mol. The van der Waals surface area contributed by atoms with Crippen LogP contribution in [0.25, 0.3) is 0 Å². The van der Waals surface area contributed by atoms with Crippen LogP contribution < -0.4 is 5.43 Å². The summed E-state index contributed by atoms with van der Waals surface area (Å²) >= 11 is 0. The molecule has 0 amide bonds. The highest BCUT2D eigenvalue weighted by atomic mass is 16.6. The molecule has 7 aromatic carbocycles. The molecule has 12 rings (SSSR count). The van der Waals surface area contributed by atoms with Crippen molar-refractivity contribution in [1.29, 1.82) is 0 Å². The van der Waals surface area contributed by atoms with Gasteiger partial charge in [0, 0.05) is 62.8 Å². The largest absolute Gasteiger partial charge is 0.504 e. The van der Waals surface area contributed by atoms with E-state index < -0.39 is 69.4 Å². The van der Waals surface area contributed by atoms with Gasteiger partial charge in [-0.2, -0.15) is 0 Å². The minimum atomic E-state index is -1.30. The van der Waals surface area contributed by atoms with E-state index in [1.165, 1.54) is 39.5 Å². The summed E-state index contributed by atoms with van der Waals surface area (Å²) in [5, 5.41) is 10.6. The minimum absolute atomic E-state index is 0.0396. The van der Waals surface area contributed by atoms with Crippen molar-refractivity contribution in [2.75, 3.05) is 21.3 Å². The lowest BCUT2D eigenvalue weighted by atomic mass is 9.70. The predicted molar refractivity (Wildman–Crippen MR) is 342 cm³/mol. The van der Waals surface area contributed by atoms with Gasteiger partial charge in [0.05, 0.1) is 25.5 Å². The highest BCUT2D eigenvalue weighted by molar-refractivity contribution is 6.25. The lowest BCUT2D eigenvalue weighted by Crippen LogP contribution is -2.73. The van der Waals surface area contributed by atoms with E-state index in [0.29, 0.717) is 39.1 Å². The fourth-order valence-corrected chi connectivity index (χ4v) is 11.4. The summed E-state index contributed by atoms with van der Waals surface area (Å²) in [5.74, 6) is 1.25. The first-order valence-electron chi connectivity index (χ1n) is 29.2. The molecule has 17 nitrogen and oxygen atoms in total. The predicted octanol–water partition coefficient (Wildman–Crippen LogP) is 10.4. The maximum absolute atomic E-state index is 13.4. The highest BCUT2D eigenvalue weighted by Gasteiger charge is 2.68. The molecule has 5 heterocycles. The van der Waals surface area contributed by atoms with E-state index in [0.717, 1.165) is 0 Å². The molecule has 4 unspecified atom stereocenters. The molecule has 5 aliphatic rings. The van der Waals surface area contributed by atoms with Crippen LogP contribution in [-0.4, -0.2) is 114 Å². The summed E-state index contributed by atoms with van der Waals surface area (Å²) in [4.78, 5) is 126. The standard InChI is InChI=1S/C23H18O5.C23H18O4.C16H10O2.C14H16O6/c1-23-13-16(27-2)21(26)22(28-23)17(19(24)14-9-5-3-6-10-14)18(23)20(25)15-11-7-4-8-12-15;1-14-13-15(2)20(24)23(27)19(22(26)17-11-7-4-8-12-17)18(14)21(25)16-9-5-3-6-10-16;17-15(13-7-3-1-4-8-13)11-12-16(18)14-9-5-2-6-10-14;1-7-5-14(18-4)12(16)11(19-7)10-9(15)8(17-3)6-13(14,2)20-10/h3-13,22H,1-2H3;3-13H,1-2H3,(H,24,27);1-10H;5-6,10-11H,1-4H3/t22-,23-;;;/m0.../s1. The Hall–Kier alpha value is -11.2. The van der Waals surface area contributed by atoms with Crippen molar-refractivity contribution in [3.63, 3.8) is 0 Å². The molecule has 1 fully saturated rings. The molecule has 0 aromatic heterocycles. The molecular formula is C76H62O17. The molecule has 6 bridgehead atoms. The van der Waals surface area contributed by atoms with E-state index in [1.54, 1.807) is 211 Å². The molecule has 5 aliphatic heterocycles. The molecule has 468 valence electrons. The van der Waals surface area contributed by atoms with Crippen LogP contribution in [0.2, 0.25) is 0 Å². The molecule has 1 N–H and O–H groups in total. The van der Waals surface area contributed by atoms with Gasteiger partial charge in [0.25, 0.3) is 0 Å². The van der Waals surface area contributed by atoms with E-state index in [4.69, 9.17) is 28.4 Å². The Morgan fingerprint density at radius 1 is 0.473 bits per heavy atom. The van der Waals surface area contributed by atoms with E-state index in [-0.39, 0.29) is 73.8 Å². The Morgan fingerprint density at radius 2 is 0.882 bits per heavy atom. The molecule has 0 radical (unpaired) electrons. The number of aromatic hydroxyl groups is 1. The number of benzene rings is 6. The first-order chi connectivity index (χ1) is 44.5. The molecule has 1 saturated heterocycles. The van der Waals surface area contributed by atoms with Gasteiger partial charge < -0.3 is 33.5 Å². The summed E-state index contributed by atoms with van der Waals surface area (Å²) in [7, 11) is 4.23. The number of hydrogen-bond acceptors (Lipinski definition) is 17. The summed E-state index contributed by atoms with van der Waals surface area (Å²) in [5.41, 5.74) is -1.08. The summed E-state index contributed by atoms with van der Waals surface area (Å²) in [6, 6.07) is 52.9. The number of methoxy groups -OCH3 is 3. The number of carbonyl (C=O) groups excluding carboxylic acids is 9. The number of fused-ring (bicyclic) bond motifs is 8. The zero-order valence-corrected chi connectivity index (χ0v) is 51.8. The topological polar surface area (TPSA) is 246 Å². The van der Waals surface area contributed by atoms with Crippen molar-refractivity contribution in [3.05, 3.63) is 301 Å². The Morgan fingerprint density at radius 3 is 1.32 bits per heavy atom. The van der Waals surface area contributed by atoms with Gasteiger partial charge in [-0.15, -0.1) is 0 Å². The number of rotatable bonds is 13. The van der Waals surface area contributed by atoms with Crippen LogP contribution in [0.3, 0.4) is 0 Å². The number of ether oxygens (including phenoxy) is 6. The quantitative estimate of drug-likeness (QED) is 0.0640. The molecule has 7 aromatic rings. The summed E-state index contributed by atoms with van der Waals surface area (Å²) in [6.45, 7) is 8.31. The first-order valence-corrected chi connectivity index (χ1v) is 29.2.